The highest BCUT2D eigenvalue weighted by Gasteiger charge is 2.23. The van der Waals surface area contributed by atoms with E-state index in [1.165, 1.54) is 0 Å². The van der Waals surface area contributed by atoms with Gasteiger partial charge in [-0.3, -0.25) is 4.79 Å². The van der Waals surface area contributed by atoms with Gasteiger partial charge < -0.3 is 15.5 Å². The minimum absolute atomic E-state index is 0.144. The van der Waals surface area contributed by atoms with Gasteiger partial charge in [-0.25, -0.2) is 4.98 Å². The fourth-order valence-corrected chi connectivity index (χ4v) is 2.31. The molecular weight excluding hydrogens is 254 g/mol. The molecule has 2 N–H and O–H groups in total. The highest BCUT2D eigenvalue weighted by Crippen LogP contribution is 2.16. The smallest absolute Gasteiger partial charge is 0.244 e. The van der Waals surface area contributed by atoms with Crippen LogP contribution in [0.2, 0.25) is 0 Å². The first-order chi connectivity index (χ1) is 9.61. The summed E-state index contributed by atoms with van der Waals surface area (Å²) >= 11 is 0. The van der Waals surface area contributed by atoms with Crippen molar-refractivity contribution in [2.24, 2.45) is 0 Å². The van der Waals surface area contributed by atoms with E-state index in [0.717, 1.165) is 43.9 Å². The molecule has 2 rings (SSSR count). The number of hydrogen-bond acceptors (Lipinski definition) is 5. The third-order valence-electron chi connectivity index (χ3n) is 3.45. The molecule has 2 heterocycles. The van der Waals surface area contributed by atoms with Gasteiger partial charge in [0.05, 0.1) is 0 Å². The predicted octanol–water partition coefficient (Wildman–Crippen LogP) is 1.64. The van der Waals surface area contributed by atoms with Crippen LogP contribution in [0.1, 0.15) is 32.3 Å². The Balaban J connectivity index is 2.04. The summed E-state index contributed by atoms with van der Waals surface area (Å²) < 4.78 is 0. The third-order valence-corrected chi connectivity index (χ3v) is 3.45. The molecule has 110 valence electrons. The Bertz CT molecular complexity index is 471. The van der Waals surface area contributed by atoms with Gasteiger partial charge in [0.2, 0.25) is 11.9 Å². The van der Waals surface area contributed by atoms with Gasteiger partial charge in [-0.15, -0.1) is 0 Å². The van der Waals surface area contributed by atoms with E-state index >= 15 is 0 Å². The second kappa shape index (κ2) is 6.54. The first-order valence-electron chi connectivity index (χ1n) is 7.24. The Morgan fingerprint density at radius 2 is 2.15 bits per heavy atom. The lowest BCUT2D eigenvalue weighted by atomic mass is 10.2. The maximum absolute atomic E-state index is 12.3. The van der Waals surface area contributed by atoms with Gasteiger partial charge in [0.1, 0.15) is 11.9 Å². The van der Waals surface area contributed by atoms with Crippen LogP contribution in [0, 0.1) is 6.92 Å². The molecule has 1 aliphatic heterocycles. The number of hydrogen-bond donors (Lipinski definition) is 2. The molecule has 6 nitrogen and oxygen atoms in total. The summed E-state index contributed by atoms with van der Waals surface area (Å²) in [6.07, 6.45) is 3.98. The van der Waals surface area contributed by atoms with Gasteiger partial charge in [0.25, 0.3) is 0 Å². The lowest BCUT2D eigenvalue weighted by Crippen LogP contribution is -2.40. The molecule has 1 saturated heterocycles. The van der Waals surface area contributed by atoms with Crippen molar-refractivity contribution in [1.82, 2.24) is 14.9 Å². The second-order valence-corrected chi connectivity index (χ2v) is 5.15. The van der Waals surface area contributed by atoms with Crippen LogP contribution in [-0.4, -0.2) is 46.5 Å². The number of amides is 1. The summed E-state index contributed by atoms with van der Waals surface area (Å²) in [5, 5.41) is 6.28. The monoisotopic (exact) mass is 277 g/mol. The van der Waals surface area contributed by atoms with Crippen LogP contribution < -0.4 is 10.6 Å². The van der Waals surface area contributed by atoms with Crippen LogP contribution in [0.15, 0.2) is 6.20 Å². The van der Waals surface area contributed by atoms with Gasteiger partial charge in [-0.05, 0) is 33.6 Å². The van der Waals surface area contributed by atoms with Crippen LogP contribution in [-0.2, 0) is 4.79 Å². The standard InChI is InChI=1S/C14H23N5O/c1-4-15-14-16-9-10(2)12(18-14)17-11(3)13(20)19-7-5-6-8-19/h9,11H,4-8H2,1-3H3,(H2,15,16,17,18). The summed E-state index contributed by atoms with van der Waals surface area (Å²) in [5.74, 6) is 1.45. The summed E-state index contributed by atoms with van der Waals surface area (Å²) in [4.78, 5) is 22.8. The normalized spacial score (nSPS) is 16.1. The van der Waals surface area contributed by atoms with Gasteiger partial charge in [-0.2, -0.15) is 4.98 Å². The van der Waals surface area contributed by atoms with Crippen molar-refractivity contribution in [1.29, 1.82) is 0 Å². The molecule has 1 aromatic rings. The van der Waals surface area contributed by atoms with E-state index in [2.05, 4.69) is 20.6 Å². The number of nitrogens with zero attached hydrogens (tertiary/aromatic N) is 3. The average molecular weight is 277 g/mol. The molecule has 0 radical (unpaired) electrons. The molecule has 1 amide bonds. The predicted molar refractivity (Wildman–Crippen MR) is 79.8 cm³/mol. The molecule has 0 spiro atoms. The molecule has 1 aromatic heterocycles. The van der Waals surface area contributed by atoms with Crippen LogP contribution in [0.5, 0.6) is 0 Å². The molecule has 20 heavy (non-hydrogen) atoms. The zero-order chi connectivity index (χ0) is 14.5. The van der Waals surface area contributed by atoms with Crippen molar-refractivity contribution in [3.63, 3.8) is 0 Å². The molecule has 0 aliphatic carbocycles. The SMILES string of the molecule is CCNc1ncc(C)c(NC(C)C(=O)N2CCCC2)n1. The molecular formula is C14H23N5O. The minimum atomic E-state index is -0.267. The van der Waals surface area contributed by atoms with Gasteiger partial charge in [-0.1, -0.05) is 0 Å². The Labute approximate surface area is 120 Å². The molecule has 6 heteroatoms. The fraction of sp³-hybridized carbons (Fsp3) is 0.643. The first kappa shape index (κ1) is 14.6. The van der Waals surface area contributed by atoms with E-state index in [0.29, 0.717) is 5.95 Å². The molecule has 0 aromatic carbocycles. The minimum Gasteiger partial charge on any atom is -0.358 e. The number of carbonyl (C=O) groups excluding carboxylic acids is 1. The number of aromatic nitrogens is 2. The zero-order valence-corrected chi connectivity index (χ0v) is 12.4. The number of likely N-dealkylation sites (tertiary alicyclic amines) is 1. The lowest BCUT2D eigenvalue weighted by molar-refractivity contribution is -0.130. The highest BCUT2D eigenvalue weighted by atomic mass is 16.2. The highest BCUT2D eigenvalue weighted by molar-refractivity contribution is 5.84. The molecule has 1 fully saturated rings. The summed E-state index contributed by atoms with van der Waals surface area (Å²) in [7, 11) is 0. The van der Waals surface area contributed by atoms with Crippen LogP contribution in [0.3, 0.4) is 0 Å². The van der Waals surface area contributed by atoms with Crippen LogP contribution >= 0.6 is 0 Å². The van der Waals surface area contributed by atoms with E-state index in [9.17, 15) is 4.79 Å². The lowest BCUT2D eigenvalue weighted by Gasteiger charge is -2.22. The Morgan fingerprint density at radius 3 is 2.80 bits per heavy atom. The maximum Gasteiger partial charge on any atom is 0.244 e. The second-order valence-electron chi connectivity index (χ2n) is 5.15. The fourth-order valence-electron chi connectivity index (χ4n) is 2.31. The molecule has 0 bridgehead atoms. The van der Waals surface area contributed by atoms with Crippen molar-refractivity contribution in [3.05, 3.63) is 11.8 Å². The Kier molecular flexibility index (Phi) is 4.76. The van der Waals surface area contributed by atoms with Crippen molar-refractivity contribution < 1.29 is 4.79 Å². The Morgan fingerprint density at radius 1 is 1.45 bits per heavy atom. The van der Waals surface area contributed by atoms with Crippen LogP contribution in [0.25, 0.3) is 0 Å². The number of aryl methyl sites for hydroxylation is 1. The first-order valence-corrected chi connectivity index (χ1v) is 7.24. The summed E-state index contributed by atoms with van der Waals surface area (Å²) in [6, 6.07) is -0.267. The van der Waals surface area contributed by atoms with Gasteiger partial charge >= 0.3 is 0 Å². The van der Waals surface area contributed by atoms with Gasteiger partial charge in [0, 0.05) is 31.4 Å². The van der Waals surface area contributed by atoms with E-state index in [1.54, 1.807) is 6.20 Å². The number of rotatable bonds is 5. The van der Waals surface area contributed by atoms with E-state index in [-0.39, 0.29) is 11.9 Å². The largest absolute Gasteiger partial charge is 0.358 e. The van der Waals surface area contributed by atoms with Crippen molar-refractivity contribution in [3.8, 4) is 0 Å². The topological polar surface area (TPSA) is 70.2 Å². The van der Waals surface area contributed by atoms with Crippen molar-refractivity contribution >= 4 is 17.7 Å². The summed E-state index contributed by atoms with van der Waals surface area (Å²) in [6.45, 7) is 8.33. The van der Waals surface area contributed by atoms with Gasteiger partial charge in [0.15, 0.2) is 0 Å². The zero-order valence-electron chi connectivity index (χ0n) is 12.4. The van der Waals surface area contributed by atoms with Crippen molar-refractivity contribution in [2.75, 3.05) is 30.3 Å². The van der Waals surface area contributed by atoms with E-state index in [4.69, 9.17) is 0 Å². The summed E-state index contributed by atoms with van der Waals surface area (Å²) in [5.41, 5.74) is 0.938. The maximum atomic E-state index is 12.3. The van der Waals surface area contributed by atoms with Crippen LogP contribution in [0.4, 0.5) is 11.8 Å². The molecule has 1 unspecified atom stereocenters. The van der Waals surface area contributed by atoms with E-state index < -0.39 is 0 Å². The Hall–Kier alpha value is -1.85. The van der Waals surface area contributed by atoms with E-state index in [1.807, 2.05) is 25.7 Å². The van der Waals surface area contributed by atoms with Crippen molar-refractivity contribution in [2.45, 2.75) is 39.7 Å². The molecule has 0 saturated carbocycles. The molecule has 1 atom stereocenters. The quantitative estimate of drug-likeness (QED) is 0.856. The number of carbonyl (C=O) groups is 1. The number of nitrogens with one attached hydrogen (secondary N) is 2. The average Bonchev–Trinajstić information content (AvgIpc) is 2.96. The number of anilines is 2. The third kappa shape index (κ3) is 3.37. The molecule has 1 aliphatic rings.